The molecule has 2 aromatic rings. The summed E-state index contributed by atoms with van der Waals surface area (Å²) < 4.78 is 0. The number of rotatable bonds is 3. The average molecular weight is 363 g/mol. The lowest BCUT2D eigenvalue weighted by Gasteiger charge is -2.43. The molecule has 0 unspecified atom stereocenters. The van der Waals surface area contributed by atoms with Crippen molar-refractivity contribution in [2.24, 2.45) is 0 Å². The fourth-order valence-electron chi connectivity index (χ4n) is 4.98. The van der Waals surface area contributed by atoms with Gasteiger partial charge >= 0.3 is 0 Å². The third kappa shape index (κ3) is 3.49. The van der Waals surface area contributed by atoms with E-state index in [1.54, 1.807) is 0 Å². The molecule has 3 aliphatic heterocycles. The summed E-state index contributed by atoms with van der Waals surface area (Å²) in [6.07, 6.45) is 1.06. The molecule has 0 bridgehead atoms. The number of piperazine rings is 2. The van der Waals surface area contributed by atoms with Gasteiger partial charge in [-0.1, -0.05) is 42.5 Å². The zero-order chi connectivity index (χ0) is 18.1. The SMILES string of the molecule is c1ccc2c(c1)Cc1ccccc1N1CCN(CCN3CCNCC3)C[C@@H]21. The van der Waals surface area contributed by atoms with E-state index in [-0.39, 0.29) is 0 Å². The second-order valence-electron chi connectivity index (χ2n) is 8.11. The first-order valence-corrected chi connectivity index (χ1v) is 10.5. The van der Waals surface area contributed by atoms with Gasteiger partial charge in [-0.05, 0) is 29.2 Å². The van der Waals surface area contributed by atoms with E-state index in [9.17, 15) is 0 Å². The lowest BCUT2D eigenvalue weighted by Crippen LogP contribution is -2.51. The Morgan fingerprint density at radius 3 is 2.41 bits per heavy atom. The second kappa shape index (κ2) is 7.63. The zero-order valence-corrected chi connectivity index (χ0v) is 16.1. The summed E-state index contributed by atoms with van der Waals surface area (Å²) in [6, 6.07) is 18.6. The number of anilines is 1. The van der Waals surface area contributed by atoms with E-state index in [1.165, 1.54) is 55.1 Å². The minimum atomic E-state index is 0.474. The highest BCUT2D eigenvalue weighted by atomic mass is 15.3. The van der Waals surface area contributed by atoms with Gasteiger partial charge in [0, 0.05) is 64.6 Å². The molecule has 0 saturated carbocycles. The number of nitrogens with zero attached hydrogens (tertiary/aromatic N) is 3. The van der Waals surface area contributed by atoms with E-state index in [0.29, 0.717) is 6.04 Å². The molecule has 0 spiro atoms. The van der Waals surface area contributed by atoms with Gasteiger partial charge in [-0.15, -0.1) is 0 Å². The van der Waals surface area contributed by atoms with Gasteiger partial charge in [-0.2, -0.15) is 0 Å². The van der Waals surface area contributed by atoms with E-state index < -0.39 is 0 Å². The Morgan fingerprint density at radius 2 is 1.52 bits per heavy atom. The molecule has 0 amide bonds. The summed E-state index contributed by atoms with van der Waals surface area (Å²) in [5.41, 5.74) is 5.95. The predicted octanol–water partition coefficient (Wildman–Crippen LogP) is 2.36. The van der Waals surface area contributed by atoms with Gasteiger partial charge in [0.25, 0.3) is 0 Å². The van der Waals surface area contributed by atoms with Crippen LogP contribution in [0.15, 0.2) is 48.5 Å². The van der Waals surface area contributed by atoms with E-state index in [0.717, 1.165) is 32.6 Å². The molecule has 4 heteroatoms. The van der Waals surface area contributed by atoms with Gasteiger partial charge in [0.05, 0.1) is 6.04 Å². The first kappa shape index (κ1) is 17.2. The maximum absolute atomic E-state index is 3.46. The highest BCUT2D eigenvalue weighted by Crippen LogP contribution is 2.38. The molecule has 0 aliphatic carbocycles. The van der Waals surface area contributed by atoms with E-state index in [2.05, 4.69) is 68.5 Å². The van der Waals surface area contributed by atoms with Crippen LogP contribution < -0.4 is 10.2 Å². The Labute approximate surface area is 162 Å². The number of benzene rings is 2. The number of para-hydroxylation sites is 1. The fraction of sp³-hybridized carbons (Fsp3) is 0.478. The van der Waals surface area contributed by atoms with Crippen LogP contribution in [0.4, 0.5) is 5.69 Å². The molecule has 2 saturated heterocycles. The Kier molecular flexibility index (Phi) is 4.87. The van der Waals surface area contributed by atoms with Crippen molar-refractivity contribution in [1.82, 2.24) is 15.1 Å². The normalized spacial score (nSPS) is 23.3. The summed E-state index contributed by atoms with van der Waals surface area (Å²) in [5.74, 6) is 0. The quantitative estimate of drug-likeness (QED) is 0.905. The summed E-state index contributed by atoms with van der Waals surface area (Å²) in [6.45, 7) is 10.5. The van der Waals surface area contributed by atoms with E-state index in [1.807, 2.05) is 0 Å². The molecule has 142 valence electrons. The summed E-state index contributed by atoms with van der Waals surface area (Å²) in [4.78, 5) is 7.97. The Morgan fingerprint density at radius 1 is 0.778 bits per heavy atom. The van der Waals surface area contributed by atoms with Crippen LogP contribution in [0, 0.1) is 0 Å². The van der Waals surface area contributed by atoms with Gasteiger partial charge in [-0.25, -0.2) is 0 Å². The van der Waals surface area contributed by atoms with Crippen molar-refractivity contribution in [2.75, 3.05) is 63.8 Å². The minimum absolute atomic E-state index is 0.474. The third-order valence-corrected chi connectivity index (χ3v) is 6.50. The largest absolute Gasteiger partial charge is 0.362 e. The van der Waals surface area contributed by atoms with Crippen molar-refractivity contribution in [3.05, 3.63) is 65.2 Å². The lowest BCUT2D eigenvalue weighted by atomic mass is 9.96. The molecule has 4 nitrogen and oxygen atoms in total. The van der Waals surface area contributed by atoms with Crippen LogP contribution in [0.1, 0.15) is 22.7 Å². The van der Waals surface area contributed by atoms with Gasteiger partial charge in [0.15, 0.2) is 0 Å². The summed E-state index contributed by atoms with van der Waals surface area (Å²) in [7, 11) is 0. The summed E-state index contributed by atoms with van der Waals surface area (Å²) in [5, 5.41) is 3.46. The van der Waals surface area contributed by atoms with Crippen molar-refractivity contribution in [3.63, 3.8) is 0 Å². The second-order valence-corrected chi connectivity index (χ2v) is 8.11. The standard InChI is InChI=1S/C23H30N4/c1-3-7-21-19(5-1)17-20-6-2-4-8-22(20)27-16-15-26(18-23(21)27)14-13-25-11-9-24-10-12-25/h1-8,23-24H,9-18H2/t23-/m0/s1. The van der Waals surface area contributed by atoms with Gasteiger partial charge in [0.2, 0.25) is 0 Å². The van der Waals surface area contributed by atoms with Crippen molar-refractivity contribution in [2.45, 2.75) is 12.5 Å². The monoisotopic (exact) mass is 362 g/mol. The molecule has 2 fully saturated rings. The molecular formula is C23H30N4. The number of hydrogen-bond acceptors (Lipinski definition) is 4. The van der Waals surface area contributed by atoms with Gasteiger partial charge in [-0.3, -0.25) is 9.80 Å². The van der Waals surface area contributed by atoms with Crippen molar-refractivity contribution >= 4 is 5.69 Å². The molecule has 5 rings (SSSR count). The van der Waals surface area contributed by atoms with Crippen molar-refractivity contribution in [1.29, 1.82) is 0 Å². The Hall–Kier alpha value is -1.88. The highest BCUT2D eigenvalue weighted by Gasteiger charge is 2.33. The van der Waals surface area contributed by atoms with Crippen LogP contribution >= 0.6 is 0 Å². The lowest BCUT2D eigenvalue weighted by molar-refractivity contribution is 0.169. The minimum Gasteiger partial charge on any atom is -0.362 e. The van der Waals surface area contributed by atoms with Crippen LogP contribution in [0.25, 0.3) is 0 Å². The van der Waals surface area contributed by atoms with Crippen LogP contribution in [-0.4, -0.2) is 68.7 Å². The Bertz CT molecular complexity index is 783. The maximum atomic E-state index is 3.46. The molecule has 1 N–H and O–H groups in total. The van der Waals surface area contributed by atoms with Crippen LogP contribution in [0.2, 0.25) is 0 Å². The van der Waals surface area contributed by atoms with Gasteiger partial charge in [0.1, 0.15) is 0 Å². The van der Waals surface area contributed by atoms with Crippen molar-refractivity contribution in [3.8, 4) is 0 Å². The number of fused-ring (bicyclic) bond motifs is 5. The predicted molar refractivity (Wildman–Crippen MR) is 112 cm³/mol. The topological polar surface area (TPSA) is 21.8 Å². The average Bonchev–Trinajstić information content (AvgIpc) is 2.87. The molecule has 2 aromatic carbocycles. The third-order valence-electron chi connectivity index (χ3n) is 6.50. The van der Waals surface area contributed by atoms with Crippen molar-refractivity contribution < 1.29 is 0 Å². The Balaban J connectivity index is 1.37. The highest BCUT2D eigenvalue weighted by molar-refractivity contribution is 5.60. The number of nitrogens with one attached hydrogen (secondary N) is 1. The first-order valence-electron chi connectivity index (χ1n) is 10.5. The molecular weight excluding hydrogens is 332 g/mol. The molecule has 0 aromatic heterocycles. The molecule has 0 radical (unpaired) electrons. The zero-order valence-electron chi connectivity index (χ0n) is 16.1. The first-order chi connectivity index (χ1) is 13.4. The van der Waals surface area contributed by atoms with Crippen LogP contribution in [0.3, 0.4) is 0 Å². The molecule has 3 heterocycles. The smallest absolute Gasteiger partial charge is 0.0672 e. The summed E-state index contributed by atoms with van der Waals surface area (Å²) >= 11 is 0. The molecule has 1 atom stereocenters. The van der Waals surface area contributed by atoms with E-state index >= 15 is 0 Å². The number of hydrogen-bond donors (Lipinski definition) is 1. The van der Waals surface area contributed by atoms with E-state index in [4.69, 9.17) is 0 Å². The van der Waals surface area contributed by atoms with Crippen LogP contribution in [0.5, 0.6) is 0 Å². The molecule has 27 heavy (non-hydrogen) atoms. The maximum Gasteiger partial charge on any atom is 0.0672 e. The molecule has 3 aliphatic rings. The van der Waals surface area contributed by atoms with Gasteiger partial charge < -0.3 is 10.2 Å². The fourth-order valence-corrected chi connectivity index (χ4v) is 4.98. The van der Waals surface area contributed by atoms with Crippen LogP contribution in [-0.2, 0) is 6.42 Å².